The minimum atomic E-state index is -1.16. The molecule has 22 heavy (non-hydrogen) atoms. The van der Waals surface area contributed by atoms with Gasteiger partial charge in [-0.2, -0.15) is 0 Å². The summed E-state index contributed by atoms with van der Waals surface area (Å²) in [4.78, 5) is 34.7. The van der Waals surface area contributed by atoms with Gasteiger partial charge in [-0.3, -0.25) is 14.9 Å². The van der Waals surface area contributed by atoms with Crippen molar-refractivity contribution in [3.63, 3.8) is 0 Å². The molecule has 0 saturated carbocycles. The monoisotopic (exact) mass is 310 g/mol. The number of esters is 1. The molecule has 0 aliphatic carbocycles. The van der Waals surface area contributed by atoms with Gasteiger partial charge >= 0.3 is 12.0 Å². The lowest BCUT2D eigenvalue weighted by Gasteiger charge is -2.14. The molecule has 0 aliphatic rings. The van der Waals surface area contributed by atoms with E-state index in [2.05, 4.69) is 10.6 Å². The first kappa shape index (κ1) is 17.6. The first-order chi connectivity index (χ1) is 10.3. The number of carbonyl (C=O) groups is 3. The number of carbonyl (C=O) groups excluding carboxylic acids is 3. The minimum Gasteiger partial charge on any atom is -0.452 e. The van der Waals surface area contributed by atoms with Crippen LogP contribution < -0.4 is 10.6 Å². The van der Waals surface area contributed by atoms with E-state index in [1.807, 2.05) is 0 Å². The van der Waals surface area contributed by atoms with Crippen molar-refractivity contribution in [3.05, 3.63) is 35.6 Å². The van der Waals surface area contributed by atoms with Crippen LogP contribution in [0, 0.1) is 5.82 Å². The van der Waals surface area contributed by atoms with Gasteiger partial charge in [-0.1, -0.05) is 18.2 Å². The summed E-state index contributed by atoms with van der Waals surface area (Å²) in [5.41, 5.74) is 0.178. The second-order valence-corrected chi connectivity index (χ2v) is 5.02. The maximum absolute atomic E-state index is 13.4. The van der Waals surface area contributed by atoms with E-state index >= 15 is 0 Å². The highest BCUT2D eigenvalue weighted by molar-refractivity contribution is 5.97. The van der Waals surface area contributed by atoms with Crippen LogP contribution in [0.2, 0.25) is 0 Å². The highest BCUT2D eigenvalue weighted by atomic mass is 19.1. The highest BCUT2D eigenvalue weighted by Gasteiger charge is 2.20. The molecule has 6 nitrogen and oxygen atoms in total. The Labute approximate surface area is 128 Å². The van der Waals surface area contributed by atoms with Crippen molar-refractivity contribution in [3.8, 4) is 0 Å². The van der Waals surface area contributed by atoms with Crippen molar-refractivity contribution in [2.45, 2.75) is 39.3 Å². The summed E-state index contributed by atoms with van der Waals surface area (Å²) in [5.74, 6) is -2.02. The van der Waals surface area contributed by atoms with Gasteiger partial charge in [-0.25, -0.2) is 9.18 Å². The van der Waals surface area contributed by atoms with Crippen molar-refractivity contribution >= 4 is 17.9 Å². The van der Waals surface area contributed by atoms with Crippen LogP contribution in [0.25, 0.3) is 0 Å². The molecule has 1 rings (SSSR count). The summed E-state index contributed by atoms with van der Waals surface area (Å²) < 4.78 is 18.3. The topological polar surface area (TPSA) is 84.5 Å². The number of hydrogen-bond donors (Lipinski definition) is 2. The summed E-state index contributed by atoms with van der Waals surface area (Å²) in [5, 5.41) is 4.52. The van der Waals surface area contributed by atoms with Crippen LogP contribution in [0.5, 0.6) is 0 Å². The van der Waals surface area contributed by atoms with E-state index < -0.39 is 29.8 Å². The maximum atomic E-state index is 13.4. The molecular weight excluding hydrogens is 291 g/mol. The fraction of sp³-hybridized carbons (Fsp3) is 0.400. The van der Waals surface area contributed by atoms with Gasteiger partial charge in [0.05, 0.1) is 6.42 Å². The highest BCUT2D eigenvalue weighted by Crippen LogP contribution is 2.08. The Kier molecular flexibility index (Phi) is 6.49. The van der Waals surface area contributed by atoms with Crippen LogP contribution >= 0.6 is 0 Å². The quantitative estimate of drug-likeness (QED) is 0.808. The second kappa shape index (κ2) is 8.11. The molecule has 0 bridgehead atoms. The number of amides is 3. The van der Waals surface area contributed by atoms with Gasteiger partial charge in [0.2, 0.25) is 0 Å². The van der Waals surface area contributed by atoms with Gasteiger partial charge in [0.1, 0.15) is 5.82 Å². The molecule has 120 valence electrons. The third-order valence-corrected chi connectivity index (χ3v) is 2.63. The molecule has 1 atom stereocenters. The van der Waals surface area contributed by atoms with Gasteiger partial charge in [0.25, 0.3) is 5.91 Å². The maximum Gasteiger partial charge on any atom is 0.321 e. The number of benzene rings is 1. The number of halogens is 1. The largest absolute Gasteiger partial charge is 0.452 e. The zero-order valence-electron chi connectivity index (χ0n) is 12.7. The van der Waals surface area contributed by atoms with E-state index in [-0.39, 0.29) is 18.0 Å². The number of imide groups is 1. The van der Waals surface area contributed by atoms with Crippen LogP contribution in [0.15, 0.2) is 24.3 Å². The van der Waals surface area contributed by atoms with Crippen molar-refractivity contribution < 1.29 is 23.5 Å². The standard InChI is InChI=1S/C15H19FN2O4/c1-9(2)17-15(21)18-14(20)10(3)22-13(19)8-11-6-4-5-7-12(11)16/h4-7,9-10H,8H2,1-3H3,(H2,17,18,20,21)/t10-/m1/s1. The SMILES string of the molecule is CC(C)NC(=O)NC(=O)[C@@H](C)OC(=O)Cc1ccccc1F. The minimum absolute atomic E-state index is 0.133. The molecule has 0 fully saturated rings. The van der Waals surface area contributed by atoms with Gasteiger partial charge < -0.3 is 10.1 Å². The molecule has 3 amide bonds. The Hall–Kier alpha value is -2.44. The molecule has 1 aromatic rings. The lowest BCUT2D eigenvalue weighted by Crippen LogP contribution is -2.46. The van der Waals surface area contributed by atoms with E-state index in [9.17, 15) is 18.8 Å². The number of ether oxygens (including phenoxy) is 1. The number of hydrogen-bond acceptors (Lipinski definition) is 4. The third kappa shape index (κ3) is 5.90. The molecule has 7 heteroatoms. The fourth-order valence-corrected chi connectivity index (χ4v) is 1.60. The first-order valence-corrected chi connectivity index (χ1v) is 6.84. The number of nitrogens with one attached hydrogen (secondary N) is 2. The molecule has 0 heterocycles. The van der Waals surface area contributed by atoms with Gasteiger partial charge in [0.15, 0.2) is 6.10 Å². The van der Waals surface area contributed by atoms with Crippen molar-refractivity contribution in [1.29, 1.82) is 0 Å². The number of rotatable bonds is 5. The average Bonchev–Trinajstić information content (AvgIpc) is 2.40. The van der Waals surface area contributed by atoms with Crippen molar-refractivity contribution in [1.82, 2.24) is 10.6 Å². The predicted octanol–water partition coefficient (Wildman–Crippen LogP) is 1.53. The first-order valence-electron chi connectivity index (χ1n) is 6.84. The average molecular weight is 310 g/mol. The Morgan fingerprint density at radius 3 is 2.41 bits per heavy atom. The van der Waals surface area contributed by atoms with E-state index in [4.69, 9.17) is 4.74 Å². The zero-order chi connectivity index (χ0) is 16.7. The summed E-state index contributed by atoms with van der Waals surface area (Å²) in [6, 6.07) is 4.99. The van der Waals surface area contributed by atoms with Crippen LogP contribution in [0.1, 0.15) is 26.3 Å². The molecule has 0 aliphatic heterocycles. The lowest BCUT2D eigenvalue weighted by molar-refractivity contribution is -0.153. The van der Waals surface area contributed by atoms with Crippen LogP contribution in [-0.2, 0) is 20.7 Å². The Balaban J connectivity index is 2.48. The van der Waals surface area contributed by atoms with E-state index in [0.717, 1.165) is 0 Å². The molecule has 0 radical (unpaired) electrons. The van der Waals surface area contributed by atoms with E-state index in [1.165, 1.54) is 25.1 Å². The van der Waals surface area contributed by atoms with Crippen molar-refractivity contribution in [2.75, 3.05) is 0 Å². The smallest absolute Gasteiger partial charge is 0.321 e. The number of urea groups is 1. The summed E-state index contributed by atoms with van der Waals surface area (Å²) in [6.45, 7) is 4.81. The van der Waals surface area contributed by atoms with Crippen LogP contribution in [-0.4, -0.2) is 30.1 Å². The normalized spacial score (nSPS) is 11.7. The predicted molar refractivity (Wildman–Crippen MR) is 77.5 cm³/mol. The molecule has 0 unspecified atom stereocenters. The Bertz CT molecular complexity index is 560. The summed E-state index contributed by atoms with van der Waals surface area (Å²) in [6.07, 6.45) is -1.44. The molecular formula is C15H19FN2O4. The lowest BCUT2D eigenvalue weighted by atomic mass is 10.1. The van der Waals surface area contributed by atoms with Gasteiger partial charge in [-0.15, -0.1) is 0 Å². The summed E-state index contributed by atoms with van der Waals surface area (Å²) in [7, 11) is 0. The third-order valence-electron chi connectivity index (χ3n) is 2.63. The van der Waals surface area contributed by atoms with Crippen molar-refractivity contribution in [2.24, 2.45) is 0 Å². The molecule has 1 aromatic carbocycles. The van der Waals surface area contributed by atoms with E-state index in [0.29, 0.717) is 0 Å². The molecule has 2 N–H and O–H groups in total. The Morgan fingerprint density at radius 1 is 1.18 bits per heavy atom. The second-order valence-electron chi connectivity index (χ2n) is 5.02. The fourth-order valence-electron chi connectivity index (χ4n) is 1.60. The molecule has 0 spiro atoms. The summed E-state index contributed by atoms with van der Waals surface area (Å²) >= 11 is 0. The zero-order valence-corrected chi connectivity index (χ0v) is 12.7. The molecule has 0 saturated heterocycles. The van der Waals surface area contributed by atoms with Crippen LogP contribution in [0.3, 0.4) is 0 Å². The van der Waals surface area contributed by atoms with Crippen LogP contribution in [0.4, 0.5) is 9.18 Å². The van der Waals surface area contributed by atoms with Gasteiger partial charge in [0, 0.05) is 6.04 Å². The Morgan fingerprint density at radius 2 is 1.82 bits per heavy atom. The molecule has 0 aromatic heterocycles. The van der Waals surface area contributed by atoms with E-state index in [1.54, 1.807) is 19.9 Å². The van der Waals surface area contributed by atoms with Gasteiger partial charge in [-0.05, 0) is 32.4 Å².